The molecule has 2 heterocycles. The lowest BCUT2D eigenvalue weighted by Gasteiger charge is -2.12. The molecule has 2 N–H and O–H groups in total. The summed E-state index contributed by atoms with van der Waals surface area (Å²) in [4.78, 5) is 15.9. The molecule has 0 bridgehead atoms. The van der Waals surface area contributed by atoms with Crippen molar-refractivity contribution in [3.05, 3.63) is 54.0 Å². The number of carbonyl (C=O) groups excluding carboxylic acids is 1. The molecule has 2 aromatic rings. The van der Waals surface area contributed by atoms with Gasteiger partial charge in [0.2, 0.25) is 5.88 Å². The zero-order valence-corrected chi connectivity index (χ0v) is 13.7. The van der Waals surface area contributed by atoms with Gasteiger partial charge in [-0.05, 0) is 42.7 Å². The van der Waals surface area contributed by atoms with E-state index in [0.717, 1.165) is 25.0 Å². The van der Waals surface area contributed by atoms with E-state index in [4.69, 9.17) is 9.47 Å². The van der Waals surface area contributed by atoms with Gasteiger partial charge in [0.15, 0.2) is 0 Å². The van der Waals surface area contributed by atoms with Gasteiger partial charge >= 0.3 is 6.03 Å². The highest BCUT2D eigenvalue weighted by atomic mass is 19.1. The molecule has 1 aromatic heterocycles. The van der Waals surface area contributed by atoms with Crippen LogP contribution in [0.25, 0.3) is 0 Å². The number of nitrogens with one attached hydrogen (secondary N) is 2. The third-order valence-corrected chi connectivity index (χ3v) is 3.80. The smallest absolute Gasteiger partial charge is 0.315 e. The summed E-state index contributed by atoms with van der Waals surface area (Å²) in [6, 6.07) is 8.99. The molecule has 0 saturated carbocycles. The fourth-order valence-corrected chi connectivity index (χ4v) is 2.46. The predicted octanol–water partition coefficient (Wildman–Crippen LogP) is 2.99. The first-order chi connectivity index (χ1) is 12.2. The van der Waals surface area contributed by atoms with Crippen LogP contribution in [-0.4, -0.2) is 30.3 Å². The van der Waals surface area contributed by atoms with Gasteiger partial charge in [0, 0.05) is 32.0 Å². The van der Waals surface area contributed by atoms with E-state index in [1.807, 2.05) is 6.07 Å². The average Bonchev–Trinajstić information content (AvgIpc) is 3.15. The lowest BCUT2D eigenvalue weighted by Crippen LogP contribution is -2.39. The topological polar surface area (TPSA) is 72.5 Å². The Morgan fingerprint density at radius 2 is 2.08 bits per heavy atom. The number of amides is 2. The molecule has 1 fully saturated rings. The number of halogens is 1. The highest BCUT2D eigenvalue weighted by molar-refractivity contribution is 5.73. The second-order valence-electron chi connectivity index (χ2n) is 5.76. The summed E-state index contributed by atoms with van der Waals surface area (Å²) in [6.07, 6.45) is 3.78. The number of ether oxygens (including phenoxy) is 2. The molecule has 1 aromatic carbocycles. The summed E-state index contributed by atoms with van der Waals surface area (Å²) in [6.45, 7) is 1.65. The highest BCUT2D eigenvalue weighted by Gasteiger charge is 2.15. The standard InChI is InChI=1S/C18H20FN3O3/c19-14-4-6-15(7-5-14)25-17-8-3-13(10-20-17)11-21-18(23)22-12-16-2-1-9-24-16/h3-8,10,16H,1-2,9,11-12H2,(H2,21,22,23). The minimum Gasteiger partial charge on any atom is -0.439 e. The van der Waals surface area contributed by atoms with Crippen molar-refractivity contribution in [2.45, 2.75) is 25.5 Å². The third kappa shape index (κ3) is 5.42. The van der Waals surface area contributed by atoms with Crippen molar-refractivity contribution >= 4 is 6.03 Å². The van der Waals surface area contributed by atoms with E-state index in [0.29, 0.717) is 24.7 Å². The zero-order valence-electron chi connectivity index (χ0n) is 13.7. The van der Waals surface area contributed by atoms with Gasteiger partial charge < -0.3 is 20.1 Å². The SMILES string of the molecule is O=C(NCc1ccc(Oc2ccc(F)cc2)nc1)NCC1CCCO1. The number of urea groups is 1. The fourth-order valence-electron chi connectivity index (χ4n) is 2.46. The van der Waals surface area contributed by atoms with Gasteiger partial charge in [-0.2, -0.15) is 0 Å². The number of hydrogen-bond acceptors (Lipinski definition) is 4. The van der Waals surface area contributed by atoms with Crippen molar-refractivity contribution in [1.29, 1.82) is 0 Å². The van der Waals surface area contributed by atoms with Crippen molar-refractivity contribution in [3.8, 4) is 11.6 Å². The Kier molecular flexibility index (Phi) is 5.79. The Hall–Kier alpha value is -2.67. The van der Waals surface area contributed by atoms with Crippen LogP contribution < -0.4 is 15.4 Å². The minimum absolute atomic E-state index is 0.121. The fraction of sp³-hybridized carbons (Fsp3) is 0.333. The maximum absolute atomic E-state index is 12.9. The van der Waals surface area contributed by atoms with E-state index in [1.54, 1.807) is 12.3 Å². The molecule has 1 aliphatic heterocycles. The van der Waals surface area contributed by atoms with Crippen LogP contribution in [-0.2, 0) is 11.3 Å². The maximum Gasteiger partial charge on any atom is 0.315 e. The number of nitrogens with zero attached hydrogens (tertiary/aromatic N) is 1. The van der Waals surface area contributed by atoms with E-state index in [-0.39, 0.29) is 18.0 Å². The van der Waals surface area contributed by atoms with Gasteiger partial charge in [-0.1, -0.05) is 6.07 Å². The van der Waals surface area contributed by atoms with Crippen LogP contribution in [0.3, 0.4) is 0 Å². The van der Waals surface area contributed by atoms with Crippen LogP contribution in [0.5, 0.6) is 11.6 Å². The molecule has 0 spiro atoms. The Labute approximate surface area is 145 Å². The number of benzene rings is 1. The Morgan fingerprint density at radius 3 is 2.76 bits per heavy atom. The Morgan fingerprint density at radius 1 is 1.24 bits per heavy atom. The molecule has 6 nitrogen and oxygen atoms in total. The predicted molar refractivity (Wildman–Crippen MR) is 89.9 cm³/mol. The molecule has 1 atom stereocenters. The van der Waals surface area contributed by atoms with E-state index in [2.05, 4.69) is 15.6 Å². The molecular formula is C18H20FN3O3. The van der Waals surface area contributed by atoms with Crippen molar-refractivity contribution in [2.24, 2.45) is 0 Å². The zero-order chi connectivity index (χ0) is 17.5. The van der Waals surface area contributed by atoms with Crippen LogP contribution in [0.2, 0.25) is 0 Å². The van der Waals surface area contributed by atoms with Crippen LogP contribution in [0, 0.1) is 5.82 Å². The van der Waals surface area contributed by atoms with Crippen LogP contribution >= 0.6 is 0 Å². The lowest BCUT2D eigenvalue weighted by molar-refractivity contribution is 0.111. The number of pyridine rings is 1. The monoisotopic (exact) mass is 345 g/mol. The minimum atomic E-state index is -0.320. The number of rotatable bonds is 6. The Bertz CT molecular complexity index is 686. The van der Waals surface area contributed by atoms with Gasteiger partial charge in [-0.15, -0.1) is 0 Å². The molecule has 0 radical (unpaired) electrons. The molecule has 3 rings (SSSR count). The second-order valence-corrected chi connectivity index (χ2v) is 5.76. The van der Waals surface area contributed by atoms with E-state index in [1.165, 1.54) is 24.3 Å². The summed E-state index contributed by atoms with van der Waals surface area (Å²) >= 11 is 0. The van der Waals surface area contributed by atoms with Crippen molar-refractivity contribution in [2.75, 3.05) is 13.2 Å². The van der Waals surface area contributed by atoms with Gasteiger partial charge in [-0.25, -0.2) is 14.2 Å². The Balaban J connectivity index is 1.42. The van der Waals surface area contributed by atoms with E-state index < -0.39 is 0 Å². The van der Waals surface area contributed by atoms with E-state index >= 15 is 0 Å². The molecule has 2 amide bonds. The molecule has 1 saturated heterocycles. The second kappa shape index (κ2) is 8.43. The van der Waals surface area contributed by atoms with Crippen LogP contribution in [0.1, 0.15) is 18.4 Å². The molecule has 7 heteroatoms. The number of hydrogen-bond donors (Lipinski definition) is 2. The first kappa shape index (κ1) is 17.2. The van der Waals surface area contributed by atoms with Gasteiger partial charge in [-0.3, -0.25) is 0 Å². The van der Waals surface area contributed by atoms with Crippen molar-refractivity contribution < 1.29 is 18.7 Å². The number of aromatic nitrogens is 1. The third-order valence-electron chi connectivity index (χ3n) is 3.80. The lowest BCUT2D eigenvalue weighted by atomic mass is 10.2. The van der Waals surface area contributed by atoms with Crippen LogP contribution in [0.15, 0.2) is 42.6 Å². The first-order valence-corrected chi connectivity index (χ1v) is 8.21. The van der Waals surface area contributed by atoms with Gasteiger partial charge in [0.1, 0.15) is 11.6 Å². The summed E-state index contributed by atoms with van der Waals surface area (Å²) < 4.78 is 23.8. The first-order valence-electron chi connectivity index (χ1n) is 8.21. The maximum atomic E-state index is 12.9. The summed E-state index contributed by atoms with van der Waals surface area (Å²) in [5, 5.41) is 5.56. The van der Waals surface area contributed by atoms with Crippen molar-refractivity contribution in [1.82, 2.24) is 15.6 Å². The summed E-state index contributed by atoms with van der Waals surface area (Å²) in [5.74, 6) is 0.589. The van der Waals surface area contributed by atoms with Gasteiger partial charge in [0.05, 0.1) is 6.10 Å². The molecular weight excluding hydrogens is 325 g/mol. The molecule has 0 aliphatic carbocycles. The molecule has 132 valence electrons. The summed E-state index contributed by atoms with van der Waals surface area (Å²) in [5.41, 5.74) is 0.846. The van der Waals surface area contributed by atoms with Crippen LogP contribution in [0.4, 0.5) is 9.18 Å². The quantitative estimate of drug-likeness (QED) is 0.844. The average molecular weight is 345 g/mol. The number of carbonyl (C=O) groups is 1. The van der Waals surface area contributed by atoms with E-state index in [9.17, 15) is 9.18 Å². The molecule has 1 unspecified atom stereocenters. The highest BCUT2D eigenvalue weighted by Crippen LogP contribution is 2.19. The normalized spacial score (nSPS) is 16.4. The van der Waals surface area contributed by atoms with Crippen molar-refractivity contribution in [3.63, 3.8) is 0 Å². The summed E-state index contributed by atoms with van der Waals surface area (Å²) in [7, 11) is 0. The largest absolute Gasteiger partial charge is 0.439 e. The molecule has 25 heavy (non-hydrogen) atoms. The molecule has 1 aliphatic rings. The van der Waals surface area contributed by atoms with Gasteiger partial charge in [0.25, 0.3) is 0 Å².